The zero-order valence-electron chi connectivity index (χ0n) is 22.0. The van der Waals surface area contributed by atoms with Gasteiger partial charge in [-0.1, -0.05) is 72.3 Å². The normalized spacial score (nSPS) is 18.6. The first kappa shape index (κ1) is 25.2. The van der Waals surface area contributed by atoms with Gasteiger partial charge in [0.1, 0.15) is 5.75 Å². The van der Waals surface area contributed by atoms with Gasteiger partial charge < -0.3 is 4.74 Å². The molecule has 5 nitrogen and oxygen atoms in total. The van der Waals surface area contributed by atoms with Crippen LogP contribution in [0.2, 0.25) is 0 Å². The van der Waals surface area contributed by atoms with Crippen LogP contribution in [-0.4, -0.2) is 47.8 Å². The summed E-state index contributed by atoms with van der Waals surface area (Å²) in [6.07, 6.45) is 4.09. The first-order valence-electron chi connectivity index (χ1n) is 13.5. The van der Waals surface area contributed by atoms with Crippen molar-refractivity contribution in [3.63, 3.8) is 0 Å². The molecule has 192 valence electrons. The van der Waals surface area contributed by atoms with Gasteiger partial charge in [-0.2, -0.15) is 5.10 Å². The van der Waals surface area contributed by atoms with Gasteiger partial charge in [-0.3, -0.25) is 9.69 Å². The molecule has 0 spiro atoms. The lowest BCUT2D eigenvalue weighted by Crippen LogP contribution is -2.42. The number of likely N-dealkylation sites (tertiary alicyclic amines) is 1. The first-order chi connectivity index (χ1) is 18.1. The third kappa shape index (κ3) is 6.28. The maximum atomic E-state index is 13.6. The van der Waals surface area contributed by atoms with Crippen molar-refractivity contribution >= 4 is 11.6 Å². The van der Waals surface area contributed by atoms with Crippen molar-refractivity contribution in [3.05, 3.63) is 101 Å². The Hall–Kier alpha value is -3.44. The predicted molar refractivity (Wildman–Crippen MR) is 149 cm³/mol. The van der Waals surface area contributed by atoms with Crippen molar-refractivity contribution in [2.45, 2.75) is 45.6 Å². The highest BCUT2D eigenvalue weighted by Crippen LogP contribution is 2.34. The van der Waals surface area contributed by atoms with Crippen LogP contribution in [0.4, 0.5) is 0 Å². The highest BCUT2D eigenvalue weighted by Gasteiger charge is 2.34. The molecular weight excluding hydrogens is 458 g/mol. The van der Waals surface area contributed by atoms with Crippen LogP contribution >= 0.6 is 0 Å². The van der Waals surface area contributed by atoms with E-state index in [1.54, 1.807) is 5.01 Å². The number of hydrogen-bond acceptors (Lipinski definition) is 4. The Morgan fingerprint density at radius 1 is 0.946 bits per heavy atom. The molecule has 0 bridgehead atoms. The van der Waals surface area contributed by atoms with E-state index in [0.717, 1.165) is 54.9 Å². The number of nitrogens with zero attached hydrogens (tertiary/aromatic N) is 3. The molecule has 0 aliphatic carbocycles. The second kappa shape index (κ2) is 11.7. The number of benzene rings is 3. The van der Waals surface area contributed by atoms with Crippen LogP contribution in [0.5, 0.6) is 5.75 Å². The molecule has 2 aliphatic rings. The number of amides is 1. The number of hydrogen-bond donors (Lipinski definition) is 0. The zero-order chi connectivity index (χ0) is 25.6. The molecule has 1 atom stereocenters. The van der Waals surface area contributed by atoms with Crippen molar-refractivity contribution in [1.29, 1.82) is 0 Å². The van der Waals surface area contributed by atoms with E-state index in [1.807, 2.05) is 19.1 Å². The van der Waals surface area contributed by atoms with Crippen molar-refractivity contribution in [2.75, 3.05) is 26.2 Å². The SMILES string of the molecule is CCOc1ccc([C@H]2CC(c3ccc(C)cc3)=NN2C(=O)CN2CCC(Cc3ccccc3)CC2)cc1. The first-order valence-corrected chi connectivity index (χ1v) is 13.5. The van der Waals surface area contributed by atoms with Crippen LogP contribution in [-0.2, 0) is 11.2 Å². The van der Waals surface area contributed by atoms with Crippen molar-refractivity contribution in [2.24, 2.45) is 11.0 Å². The van der Waals surface area contributed by atoms with E-state index in [2.05, 4.69) is 78.6 Å². The summed E-state index contributed by atoms with van der Waals surface area (Å²) in [5, 5.41) is 6.62. The summed E-state index contributed by atoms with van der Waals surface area (Å²) >= 11 is 0. The predicted octanol–water partition coefficient (Wildman–Crippen LogP) is 6.03. The summed E-state index contributed by atoms with van der Waals surface area (Å²) in [7, 11) is 0. The molecule has 0 unspecified atom stereocenters. The Balaban J connectivity index is 1.27. The fourth-order valence-corrected chi connectivity index (χ4v) is 5.43. The number of rotatable bonds is 8. The minimum Gasteiger partial charge on any atom is -0.494 e. The summed E-state index contributed by atoms with van der Waals surface area (Å²) < 4.78 is 5.63. The molecule has 0 saturated carbocycles. The molecule has 5 heteroatoms. The van der Waals surface area contributed by atoms with Gasteiger partial charge in [0.25, 0.3) is 5.91 Å². The quantitative estimate of drug-likeness (QED) is 0.384. The minimum absolute atomic E-state index is 0.0718. The average molecular weight is 496 g/mol. The van der Waals surface area contributed by atoms with Gasteiger partial charge in [-0.05, 0) is 80.9 Å². The van der Waals surface area contributed by atoms with E-state index in [9.17, 15) is 4.79 Å². The van der Waals surface area contributed by atoms with E-state index >= 15 is 0 Å². The van der Waals surface area contributed by atoms with Gasteiger partial charge in [0.2, 0.25) is 0 Å². The van der Waals surface area contributed by atoms with Crippen LogP contribution in [0.3, 0.4) is 0 Å². The maximum Gasteiger partial charge on any atom is 0.257 e. The third-order valence-electron chi connectivity index (χ3n) is 7.56. The van der Waals surface area contributed by atoms with Gasteiger partial charge >= 0.3 is 0 Å². The van der Waals surface area contributed by atoms with E-state index in [1.165, 1.54) is 11.1 Å². The Kier molecular flexibility index (Phi) is 8.00. The van der Waals surface area contributed by atoms with Gasteiger partial charge in [0.05, 0.1) is 24.9 Å². The smallest absolute Gasteiger partial charge is 0.257 e. The molecule has 1 amide bonds. The number of hydrazone groups is 1. The van der Waals surface area contributed by atoms with Crippen LogP contribution in [0, 0.1) is 12.8 Å². The molecule has 2 heterocycles. The minimum atomic E-state index is -0.102. The van der Waals surface area contributed by atoms with E-state index in [-0.39, 0.29) is 11.9 Å². The zero-order valence-corrected chi connectivity index (χ0v) is 22.0. The summed E-state index contributed by atoms with van der Waals surface area (Å²) in [5.41, 5.74) is 5.76. The topological polar surface area (TPSA) is 45.1 Å². The maximum absolute atomic E-state index is 13.6. The second-order valence-corrected chi connectivity index (χ2v) is 10.3. The van der Waals surface area contributed by atoms with E-state index in [0.29, 0.717) is 25.5 Å². The summed E-state index contributed by atoms with van der Waals surface area (Å²) in [6.45, 7) is 7.03. The lowest BCUT2D eigenvalue weighted by atomic mass is 9.90. The highest BCUT2D eigenvalue weighted by atomic mass is 16.5. The number of carbonyl (C=O) groups is 1. The third-order valence-corrected chi connectivity index (χ3v) is 7.56. The number of carbonyl (C=O) groups excluding carboxylic acids is 1. The average Bonchev–Trinajstić information content (AvgIpc) is 3.37. The lowest BCUT2D eigenvalue weighted by Gasteiger charge is -2.33. The molecule has 3 aromatic carbocycles. The largest absolute Gasteiger partial charge is 0.494 e. The van der Waals surface area contributed by atoms with Gasteiger partial charge in [-0.15, -0.1) is 0 Å². The molecule has 1 saturated heterocycles. The van der Waals surface area contributed by atoms with Crippen LogP contribution < -0.4 is 4.74 Å². The highest BCUT2D eigenvalue weighted by molar-refractivity contribution is 6.03. The fraction of sp³-hybridized carbons (Fsp3) is 0.375. The fourth-order valence-electron chi connectivity index (χ4n) is 5.43. The van der Waals surface area contributed by atoms with Crippen molar-refractivity contribution < 1.29 is 9.53 Å². The summed E-state index contributed by atoms with van der Waals surface area (Å²) in [4.78, 5) is 15.9. The Morgan fingerprint density at radius 2 is 1.65 bits per heavy atom. The van der Waals surface area contributed by atoms with Gasteiger partial charge in [-0.25, -0.2) is 5.01 Å². The second-order valence-electron chi connectivity index (χ2n) is 10.3. The Labute approximate surface area is 220 Å². The molecule has 0 N–H and O–H groups in total. The van der Waals surface area contributed by atoms with Crippen molar-refractivity contribution in [3.8, 4) is 5.75 Å². The monoisotopic (exact) mass is 495 g/mol. The van der Waals surface area contributed by atoms with Gasteiger partial charge in [0, 0.05) is 6.42 Å². The lowest BCUT2D eigenvalue weighted by molar-refractivity contribution is -0.134. The Bertz CT molecular complexity index is 1200. The van der Waals surface area contributed by atoms with Crippen LogP contribution in [0.15, 0.2) is 84.0 Å². The number of piperidine rings is 1. The Morgan fingerprint density at radius 3 is 2.32 bits per heavy atom. The van der Waals surface area contributed by atoms with Crippen molar-refractivity contribution in [1.82, 2.24) is 9.91 Å². The standard InChI is InChI=1S/C32H37N3O2/c1-3-37-29-15-13-28(14-16-29)31-22-30(27-11-9-24(2)10-12-27)33-35(31)32(36)23-34-19-17-26(18-20-34)21-25-7-5-4-6-8-25/h4-16,26,31H,3,17-23H2,1-2H3/t31-/m1/s1. The molecule has 3 aromatic rings. The van der Waals surface area contributed by atoms with E-state index < -0.39 is 0 Å². The molecule has 0 aromatic heterocycles. The summed E-state index contributed by atoms with van der Waals surface area (Å²) in [6, 6.07) is 27.2. The number of ether oxygens (including phenoxy) is 1. The van der Waals surface area contributed by atoms with E-state index in [4.69, 9.17) is 9.84 Å². The molecule has 2 aliphatic heterocycles. The molecule has 0 radical (unpaired) electrons. The number of aryl methyl sites for hydroxylation is 1. The van der Waals surface area contributed by atoms with Gasteiger partial charge in [0.15, 0.2) is 0 Å². The van der Waals surface area contributed by atoms with Crippen LogP contribution in [0.1, 0.15) is 54.5 Å². The molecule has 1 fully saturated rings. The molecule has 5 rings (SSSR count). The van der Waals surface area contributed by atoms with Crippen LogP contribution in [0.25, 0.3) is 0 Å². The molecule has 37 heavy (non-hydrogen) atoms. The summed E-state index contributed by atoms with van der Waals surface area (Å²) in [5.74, 6) is 1.60. The molecular formula is C32H37N3O2.